The summed E-state index contributed by atoms with van der Waals surface area (Å²) in [6.45, 7) is 4.66. The van der Waals surface area contributed by atoms with Crippen molar-refractivity contribution in [1.29, 1.82) is 0 Å². The molecule has 0 aliphatic heterocycles. The van der Waals surface area contributed by atoms with E-state index in [1.807, 2.05) is 11.3 Å². The van der Waals surface area contributed by atoms with Crippen LogP contribution in [0, 0.1) is 0 Å². The lowest BCUT2D eigenvalue weighted by molar-refractivity contribution is 0.660. The average Bonchev–Trinajstić information content (AvgIpc) is 3.96. The van der Waals surface area contributed by atoms with E-state index < -0.39 is 0 Å². The van der Waals surface area contributed by atoms with Gasteiger partial charge in [0.2, 0.25) is 0 Å². The van der Waals surface area contributed by atoms with Gasteiger partial charge in [0, 0.05) is 58.4 Å². The van der Waals surface area contributed by atoms with Gasteiger partial charge in [-0.2, -0.15) is 0 Å². The predicted octanol–water partition coefficient (Wildman–Crippen LogP) is 16.0. The minimum absolute atomic E-state index is 0.184. The van der Waals surface area contributed by atoms with E-state index in [1.165, 1.54) is 69.6 Å². The van der Waals surface area contributed by atoms with Gasteiger partial charge in [0.1, 0.15) is 0 Å². The summed E-state index contributed by atoms with van der Waals surface area (Å²) >= 11 is 1.85. The van der Waals surface area contributed by atoms with Crippen molar-refractivity contribution in [2.24, 2.45) is 0 Å². The van der Waals surface area contributed by atoms with Gasteiger partial charge in [-0.1, -0.05) is 159 Å². The molecule has 4 heterocycles. The number of hydrogen-bond donors (Lipinski definition) is 0. The van der Waals surface area contributed by atoms with Crippen molar-refractivity contribution in [2.45, 2.75) is 19.3 Å². The summed E-state index contributed by atoms with van der Waals surface area (Å²) in [4.78, 5) is 16.6. The van der Waals surface area contributed by atoms with Crippen molar-refractivity contribution in [3.63, 3.8) is 0 Å². The molecule has 0 saturated heterocycles. The maximum Gasteiger partial charge on any atom is 0.164 e. The summed E-state index contributed by atoms with van der Waals surface area (Å²) in [6, 6.07) is 70.4. The fourth-order valence-electron chi connectivity index (χ4n) is 11.0. The molecule has 304 valence electrons. The van der Waals surface area contributed by atoms with E-state index in [1.54, 1.807) is 0 Å². The summed E-state index contributed by atoms with van der Waals surface area (Å²) in [5.41, 5.74) is 15.9. The number of nitrogens with zero attached hydrogens (tertiary/aromatic N) is 4. The van der Waals surface area contributed by atoms with E-state index in [9.17, 15) is 0 Å². The van der Waals surface area contributed by atoms with Crippen LogP contribution in [0.1, 0.15) is 25.0 Å². The van der Waals surface area contributed by atoms with E-state index in [0.29, 0.717) is 17.5 Å². The second-order valence-electron chi connectivity index (χ2n) is 17.9. The van der Waals surface area contributed by atoms with Crippen molar-refractivity contribution < 1.29 is 0 Å². The van der Waals surface area contributed by atoms with E-state index in [0.717, 1.165) is 49.8 Å². The first-order valence-corrected chi connectivity index (χ1v) is 23.1. The molecule has 9 aromatic carbocycles. The number of rotatable bonds is 5. The zero-order valence-electron chi connectivity index (χ0n) is 35.7. The predicted molar refractivity (Wildman–Crippen MR) is 272 cm³/mol. The Labute approximate surface area is 379 Å². The highest BCUT2D eigenvalue weighted by Crippen LogP contribution is 2.51. The Morgan fingerprint density at radius 3 is 1.71 bits per heavy atom. The van der Waals surface area contributed by atoms with Gasteiger partial charge in [-0.3, -0.25) is 0 Å². The molecule has 0 bridgehead atoms. The molecule has 13 aromatic rings. The molecule has 0 N–H and O–H groups in total. The van der Waals surface area contributed by atoms with Crippen molar-refractivity contribution in [1.82, 2.24) is 19.4 Å². The Morgan fingerprint density at radius 2 is 0.954 bits per heavy atom. The number of para-hydroxylation sites is 2. The van der Waals surface area contributed by atoms with Gasteiger partial charge in [0.25, 0.3) is 0 Å². The number of aromatic nitrogens is 4. The topological polar surface area (TPSA) is 43.1 Å². The van der Waals surface area contributed by atoms with Gasteiger partial charge in [-0.15, -0.1) is 11.3 Å². The second-order valence-corrected chi connectivity index (χ2v) is 19.0. The molecule has 65 heavy (non-hydrogen) atoms. The molecule has 0 fully saturated rings. The van der Waals surface area contributed by atoms with Crippen LogP contribution in [0.4, 0.5) is 0 Å². The third-order valence-corrected chi connectivity index (χ3v) is 15.1. The highest BCUT2D eigenvalue weighted by molar-refractivity contribution is 7.26. The molecule has 1 aliphatic rings. The standard InChI is InChI=1S/C60H38N4S/c1-60(2)47-24-12-9-20-41(47)42-29-28-37(33-48(42)60)57-61-58(40-31-38(35-16-5-3-6-17-35)30-39(32-40)36-18-7-4-8-19-36)63-59(62-57)46-34-52-55-54-44(23-15-27-51(54)65-52)43-21-10-13-25-49(43)64-50-26-14-11-22-45(50)53(46)56(55)64/h3-34H,1-2H3. The average molecular weight is 847 g/mol. The molecule has 0 unspecified atom stereocenters. The summed E-state index contributed by atoms with van der Waals surface area (Å²) in [5.74, 6) is 1.93. The zero-order valence-corrected chi connectivity index (χ0v) is 36.5. The Hall–Kier alpha value is -7.99. The van der Waals surface area contributed by atoms with Crippen molar-refractivity contribution in [2.75, 3.05) is 0 Å². The number of fused-ring (bicyclic) bond motifs is 9. The van der Waals surface area contributed by atoms with Gasteiger partial charge in [0.15, 0.2) is 17.5 Å². The first-order chi connectivity index (χ1) is 32.0. The Balaban J connectivity index is 1.10. The van der Waals surface area contributed by atoms with Gasteiger partial charge >= 0.3 is 0 Å². The molecule has 5 heteroatoms. The first-order valence-electron chi connectivity index (χ1n) is 22.3. The molecule has 0 atom stereocenters. The van der Waals surface area contributed by atoms with Gasteiger partial charge < -0.3 is 4.40 Å². The van der Waals surface area contributed by atoms with E-state index in [2.05, 4.69) is 212 Å². The number of hydrogen-bond acceptors (Lipinski definition) is 4. The summed E-state index contributed by atoms with van der Waals surface area (Å²) in [6.07, 6.45) is 0. The van der Waals surface area contributed by atoms with Crippen LogP contribution >= 0.6 is 11.3 Å². The monoisotopic (exact) mass is 846 g/mol. The fraction of sp³-hybridized carbons (Fsp3) is 0.0500. The molecule has 4 aromatic heterocycles. The van der Waals surface area contributed by atoms with Crippen LogP contribution in [-0.4, -0.2) is 19.4 Å². The van der Waals surface area contributed by atoms with E-state index >= 15 is 0 Å². The highest BCUT2D eigenvalue weighted by Gasteiger charge is 2.35. The lowest BCUT2D eigenvalue weighted by atomic mass is 9.82. The summed E-state index contributed by atoms with van der Waals surface area (Å²) < 4.78 is 4.98. The Kier molecular flexibility index (Phi) is 7.58. The minimum atomic E-state index is -0.184. The van der Waals surface area contributed by atoms with Crippen molar-refractivity contribution >= 4 is 69.6 Å². The van der Waals surface area contributed by atoms with Crippen LogP contribution in [0.2, 0.25) is 0 Å². The largest absolute Gasteiger partial charge is 0.308 e. The van der Waals surface area contributed by atoms with Crippen molar-refractivity contribution in [3.05, 3.63) is 205 Å². The van der Waals surface area contributed by atoms with Gasteiger partial charge in [-0.05, 0) is 98.4 Å². The molecule has 0 radical (unpaired) electrons. The second kappa shape index (κ2) is 13.5. The fourth-order valence-corrected chi connectivity index (χ4v) is 12.1. The molecule has 14 rings (SSSR count). The maximum absolute atomic E-state index is 5.59. The zero-order chi connectivity index (χ0) is 43.0. The van der Waals surface area contributed by atoms with Gasteiger partial charge in [-0.25, -0.2) is 15.0 Å². The van der Waals surface area contributed by atoms with Crippen LogP contribution in [0.3, 0.4) is 0 Å². The normalized spacial score (nSPS) is 13.2. The van der Waals surface area contributed by atoms with Crippen molar-refractivity contribution in [3.8, 4) is 67.5 Å². The third-order valence-electron chi connectivity index (χ3n) is 14.0. The summed E-state index contributed by atoms with van der Waals surface area (Å²) in [5, 5.41) is 7.41. The van der Waals surface area contributed by atoms with Gasteiger partial charge in [0.05, 0.1) is 16.6 Å². The van der Waals surface area contributed by atoms with Crippen LogP contribution < -0.4 is 0 Å². The molecule has 1 aliphatic carbocycles. The summed E-state index contributed by atoms with van der Waals surface area (Å²) in [7, 11) is 0. The molecule has 0 amide bonds. The molecular weight excluding hydrogens is 809 g/mol. The smallest absolute Gasteiger partial charge is 0.164 e. The van der Waals surface area contributed by atoms with Crippen LogP contribution in [-0.2, 0) is 5.41 Å². The lowest BCUT2D eigenvalue weighted by Crippen LogP contribution is -2.15. The van der Waals surface area contributed by atoms with E-state index in [4.69, 9.17) is 15.0 Å². The van der Waals surface area contributed by atoms with Crippen LogP contribution in [0.5, 0.6) is 0 Å². The van der Waals surface area contributed by atoms with Crippen LogP contribution in [0.25, 0.3) is 126 Å². The Morgan fingerprint density at radius 1 is 0.369 bits per heavy atom. The maximum atomic E-state index is 5.59. The van der Waals surface area contributed by atoms with E-state index in [-0.39, 0.29) is 5.41 Å². The Bertz CT molecular complexity index is 4030. The lowest BCUT2D eigenvalue weighted by Gasteiger charge is -2.21. The highest BCUT2D eigenvalue weighted by atomic mass is 32.1. The number of thiophene rings is 1. The van der Waals surface area contributed by atoms with Crippen LogP contribution in [0.15, 0.2) is 194 Å². The quantitative estimate of drug-likeness (QED) is 0.173. The molecule has 0 spiro atoms. The molecule has 0 saturated carbocycles. The minimum Gasteiger partial charge on any atom is -0.308 e. The molecular formula is C60H38N4S. The third kappa shape index (κ3) is 5.27. The number of benzene rings is 9. The molecule has 4 nitrogen and oxygen atoms in total. The first kappa shape index (κ1) is 36.5. The SMILES string of the molecule is CC1(C)c2ccccc2-c2ccc(-c3nc(-c4cc(-c5ccccc5)cc(-c5ccccc5)c4)nc(-c4cc5sc6cccc7c8ccccc8n8c9ccccc9c4c8c5c67)n3)cc21.